The minimum absolute atomic E-state index is 0.503. The molecule has 0 heterocycles. The zero-order valence-corrected chi connectivity index (χ0v) is 12.5. The highest BCUT2D eigenvalue weighted by atomic mass is 16.5. The van der Waals surface area contributed by atoms with Crippen molar-refractivity contribution in [3.05, 3.63) is 29.3 Å². The summed E-state index contributed by atoms with van der Waals surface area (Å²) in [6.45, 7) is 8.27. The first-order valence-corrected chi connectivity index (χ1v) is 7.61. The maximum absolute atomic E-state index is 6.14. The molecule has 1 saturated carbocycles. The van der Waals surface area contributed by atoms with E-state index in [1.54, 1.807) is 0 Å². The molecule has 106 valence electrons. The molecule has 0 spiro atoms. The van der Waals surface area contributed by atoms with Crippen LogP contribution in [0.3, 0.4) is 0 Å². The van der Waals surface area contributed by atoms with E-state index in [1.165, 1.54) is 36.8 Å². The van der Waals surface area contributed by atoms with Gasteiger partial charge >= 0.3 is 0 Å². The van der Waals surface area contributed by atoms with Gasteiger partial charge in [-0.05, 0) is 31.2 Å². The van der Waals surface area contributed by atoms with Crippen LogP contribution in [-0.4, -0.2) is 12.6 Å². The molecule has 1 aliphatic rings. The summed E-state index contributed by atoms with van der Waals surface area (Å²) in [6, 6.07) is 6.94. The molecule has 0 aliphatic heterocycles. The standard InChI is InChI=1S/C17H27NO/c1-13(2)18-11-16-10-6-7-14(3)17(16)19-12-15-8-4-5-9-15/h6-7,10,13,15,18H,4-5,8-9,11-12H2,1-3H3. The number of benzene rings is 1. The molecule has 2 rings (SSSR count). The Hall–Kier alpha value is -1.02. The Morgan fingerprint density at radius 2 is 2.00 bits per heavy atom. The van der Waals surface area contributed by atoms with E-state index in [4.69, 9.17) is 4.74 Å². The van der Waals surface area contributed by atoms with Crippen LogP contribution in [0.25, 0.3) is 0 Å². The highest BCUT2D eigenvalue weighted by molar-refractivity contribution is 5.40. The van der Waals surface area contributed by atoms with Crippen molar-refractivity contribution in [1.82, 2.24) is 5.32 Å². The van der Waals surface area contributed by atoms with Crippen LogP contribution in [0.2, 0.25) is 0 Å². The van der Waals surface area contributed by atoms with Gasteiger partial charge in [-0.25, -0.2) is 0 Å². The van der Waals surface area contributed by atoms with Crippen LogP contribution in [0.1, 0.15) is 50.7 Å². The summed E-state index contributed by atoms with van der Waals surface area (Å²) < 4.78 is 6.14. The first kappa shape index (κ1) is 14.4. The lowest BCUT2D eigenvalue weighted by Crippen LogP contribution is -2.22. The molecule has 2 heteroatoms. The molecule has 19 heavy (non-hydrogen) atoms. The Kier molecular flexibility index (Phi) is 5.26. The molecule has 2 nitrogen and oxygen atoms in total. The van der Waals surface area contributed by atoms with Gasteiger partial charge in [0.25, 0.3) is 0 Å². The molecule has 1 N–H and O–H groups in total. The summed E-state index contributed by atoms with van der Waals surface area (Å²) in [5.74, 6) is 1.87. The van der Waals surface area contributed by atoms with E-state index in [-0.39, 0.29) is 0 Å². The van der Waals surface area contributed by atoms with Crippen molar-refractivity contribution in [1.29, 1.82) is 0 Å². The number of ether oxygens (including phenoxy) is 1. The molecule has 0 saturated heterocycles. The molecule has 1 aromatic carbocycles. The lowest BCUT2D eigenvalue weighted by Gasteiger charge is -2.18. The second-order valence-corrected chi connectivity index (χ2v) is 6.06. The molecular formula is C17H27NO. The van der Waals surface area contributed by atoms with Gasteiger partial charge < -0.3 is 10.1 Å². The molecule has 1 fully saturated rings. The molecule has 0 aromatic heterocycles. The van der Waals surface area contributed by atoms with Gasteiger partial charge in [0.1, 0.15) is 5.75 Å². The smallest absolute Gasteiger partial charge is 0.126 e. The van der Waals surface area contributed by atoms with Crippen molar-refractivity contribution in [3.8, 4) is 5.75 Å². The third-order valence-corrected chi connectivity index (χ3v) is 3.93. The summed E-state index contributed by atoms with van der Waals surface area (Å²) in [6.07, 6.45) is 5.43. The number of rotatable bonds is 6. The van der Waals surface area contributed by atoms with Crippen LogP contribution < -0.4 is 10.1 Å². The van der Waals surface area contributed by atoms with E-state index in [0.717, 1.165) is 24.8 Å². The van der Waals surface area contributed by atoms with Crippen LogP contribution >= 0.6 is 0 Å². The molecular weight excluding hydrogens is 234 g/mol. The van der Waals surface area contributed by atoms with Gasteiger partial charge in [-0.3, -0.25) is 0 Å². The SMILES string of the molecule is Cc1cccc(CNC(C)C)c1OCC1CCCC1. The maximum atomic E-state index is 6.14. The summed E-state index contributed by atoms with van der Waals surface area (Å²) in [5.41, 5.74) is 2.53. The van der Waals surface area contributed by atoms with E-state index in [1.807, 2.05) is 0 Å². The van der Waals surface area contributed by atoms with Gasteiger partial charge in [0.05, 0.1) is 6.61 Å². The second kappa shape index (κ2) is 6.95. The van der Waals surface area contributed by atoms with E-state index >= 15 is 0 Å². The monoisotopic (exact) mass is 261 g/mol. The fourth-order valence-electron chi connectivity index (χ4n) is 2.75. The van der Waals surface area contributed by atoms with Crippen LogP contribution in [0.5, 0.6) is 5.75 Å². The van der Waals surface area contributed by atoms with Crippen molar-refractivity contribution in [2.75, 3.05) is 6.61 Å². The summed E-state index contributed by atoms with van der Waals surface area (Å²) in [7, 11) is 0. The Bertz CT molecular complexity index is 394. The fourth-order valence-corrected chi connectivity index (χ4v) is 2.75. The maximum Gasteiger partial charge on any atom is 0.126 e. The van der Waals surface area contributed by atoms with Gasteiger partial charge in [0, 0.05) is 18.2 Å². The topological polar surface area (TPSA) is 21.3 Å². The minimum atomic E-state index is 0.503. The van der Waals surface area contributed by atoms with Crippen LogP contribution in [0, 0.1) is 12.8 Å². The lowest BCUT2D eigenvalue weighted by molar-refractivity contribution is 0.248. The van der Waals surface area contributed by atoms with Gasteiger partial charge in [-0.1, -0.05) is 44.9 Å². The van der Waals surface area contributed by atoms with Crippen LogP contribution in [0.4, 0.5) is 0 Å². The summed E-state index contributed by atoms with van der Waals surface area (Å²) >= 11 is 0. The minimum Gasteiger partial charge on any atom is -0.493 e. The van der Waals surface area contributed by atoms with Gasteiger partial charge in [0.2, 0.25) is 0 Å². The Balaban J connectivity index is 1.99. The quantitative estimate of drug-likeness (QED) is 0.833. The largest absolute Gasteiger partial charge is 0.493 e. The number of aryl methyl sites for hydroxylation is 1. The van der Waals surface area contributed by atoms with Crippen molar-refractivity contribution in [3.63, 3.8) is 0 Å². The van der Waals surface area contributed by atoms with Gasteiger partial charge in [-0.2, -0.15) is 0 Å². The molecule has 0 bridgehead atoms. The highest BCUT2D eigenvalue weighted by Crippen LogP contribution is 2.28. The molecule has 0 atom stereocenters. The normalized spacial score (nSPS) is 16.2. The third kappa shape index (κ3) is 4.24. The van der Waals surface area contributed by atoms with Crippen molar-refractivity contribution >= 4 is 0 Å². The number of nitrogens with one attached hydrogen (secondary N) is 1. The highest BCUT2D eigenvalue weighted by Gasteiger charge is 2.17. The van der Waals surface area contributed by atoms with Crippen molar-refractivity contribution in [2.24, 2.45) is 5.92 Å². The van der Waals surface area contributed by atoms with Crippen molar-refractivity contribution in [2.45, 2.75) is 59.0 Å². The Labute approximate surface area is 117 Å². The summed E-state index contributed by atoms with van der Waals surface area (Å²) in [5, 5.41) is 3.48. The molecule has 0 radical (unpaired) electrons. The molecule has 1 aliphatic carbocycles. The van der Waals surface area contributed by atoms with E-state index in [9.17, 15) is 0 Å². The van der Waals surface area contributed by atoms with Gasteiger partial charge in [0.15, 0.2) is 0 Å². The lowest BCUT2D eigenvalue weighted by atomic mass is 10.1. The fraction of sp³-hybridized carbons (Fsp3) is 0.647. The predicted molar refractivity (Wildman–Crippen MR) is 80.6 cm³/mol. The first-order valence-electron chi connectivity index (χ1n) is 7.61. The van der Waals surface area contributed by atoms with Crippen molar-refractivity contribution < 1.29 is 4.74 Å². The third-order valence-electron chi connectivity index (χ3n) is 3.93. The number of hydrogen-bond acceptors (Lipinski definition) is 2. The van der Waals surface area contributed by atoms with Crippen LogP contribution in [-0.2, 0) is 6.54 Å². The zero-order valence-electron chi connectivity index (χ0n) is 12.5. The van der Waals surface area contributed by atoms with E-state index < -0.39 is 0 Å². The molecule has 0 unspecified atom stereocenters. The molecule has 1 aromatic rings. The molecule has 0 amide bonds. The first-order chi connectivity index (χ1) is 9.16. The Morgan fingerprint density at radius 1 is 1.26 bits per heavy atom. The van der Waals surface area contributed by atoms with Gasteiger partial charge in [-0.15, -0.1) is 0 Å². The Morgan fingerprint density at radius 3 is 2.68 bits per heavy atom. The summed E-state index contributed by atoms with van der Waals surface area (Å²) in [4.78, 5) is 0. The van der Waals surface area contributed by atoms with E-state index in [0.29, 0.717) is 6.04 Å². The second-order valence-electron chi connectivity index (χ2n) is 6.06. The average molecular weight is 261 g/mol. The zero-order chi connectivity index (χ0) is 13.7. The number of hydrogen-bond donors (Lipinski definition) is 1. The number of para-hydroxylation sites is 1. The van der Waals surface area contributed by atoms with Crippen LogP contribution in [0.15, 0.2) is 18.2 Å². The average Bonchev–Trinajstić information content (AvgIpc) is 2.88. The van der Waals surface area contributed by atoms with E-state index in [2.05, 4.69) is 44.3 Å². The predicted octanol–water partition coefficient (Wildman–Crippen LogP) is 4.06.